The van der Waals surface area contributed by atoms with Crippen LogP contribution in [0.2, 0.25) is 0 Å². The van der Waals surface area contributed by atoms with Crippen molar-refractivity contribution in [3.63, 3.8) is 0 Å². The van der Waals surface area contributed by atoms with Crippen molar-refractivity contribution in [2.45, 2.75) is 23.8 Å². The number of nitrogens with one attached hydrogen (secondary N) is 1. The summed E-state index contributed by atoms with van der Waals surface area (Å²) in [7, 11) is 3.19. The minimum atomic E-state index is -3.75. The maximum absolute atomic E-state index is 12.8. The van der Waals surface area contributed by atoms with Crippen LogP contribution in [0.25, 0.3) is 0 Å². The van der Waals surface area contributed by atoms with Crippen LogP contribution in [0, 0.1) is 10.1 Å². The Morgan fingerprint density at radius 3 is 2.33 bits per heavy atom. The second kappa shape index (κ2) is 10.4. The molecule has 0 aromatic heterocycles. The number of methoxy groups -OCH3 is 2. The van der Waals surface area contributed by atoms with Crippen molar-refractivity contribution in [2.75, 3.05) is 53.3 Å². The molecule has 10 nitrogen and oxygen atoms in total. The molecular weight excluding hydrogens is 448 g/mol. The van der Waals surface area contributed by atoms with Gasteiger partial charge in [-0.2, -0.15) is 4.31 Å². The van der Waals surface area contributed by atoms with Crippen molar-refractivity contribution >= 4 is 21.4 Å². The normalized spacial score (nSPS) is 15.4. The Bertz CT molecular complexity index is 1100. The predicted molar refractivity (Wildman–Crippen MR) is 126 cm³/mol. The highest BCUT2D eigenvalue weighted by Crippen LogP contribution is 2.33. The zero-order chi connectivity index (χ0) is 24.2. The second-order valence-electron chi connectivity index (χ2n) is 8.02. The molecule has 1 saturated heterocycles. The first-order valence-electron chi connectivity index (χ1n) is 10.6. The summed E-state index contributed by atoms with van der Waals surface area (Å²) < 4.78 is 37.7. The molecule has 0 spiro atoms. The molecule has 0 saturated carbocycles. The third-order valence-electron chi connectivity index (χ3n) is 5.77. The van der Waals surface area contributed by atoms with Crippen LogP contribution in [-0.4, -0.2) is 70.5 Å². The van der Waals surface area contributed by atoms with Gasteiger partial charge in [-0.1, -0.05) is 6.07 Å². The van der Waals surface area contributed by atoms with E-state index < -0.39 is 14.9 Å². The molecule has 1 unspecified atom stereocenters. The van der Waals surface area contributed by atoms with Crippen LogP contribution in [-0.2, 0) is 10.0 Å². The number of rotatable bonds is 10. The first-order valence-corrected chi connectivity index (χ1v) is 12.0. The summed E-state index contributed by atoms with van der Waals surface area (Å²) in [6, 6.07) is 9.46. The summed E-state index contributed by atoms with van der Waals surface area (Å²) in [5, 5.41) is 14.9. The van der Waals surface area contributed by atoms with Crippen LogP contribution < -0.4 is 14.8 Å². The predicted octanol–water partition coefficient (Wildman–Crippen LogP) is 3.11. The highest BCUT2D eigenvalue weighted by Gasteiger charge is 2.29. The molecule has 2 aromatic rings. The molecule has 1 fully saturated rings. The molecule has 0 aliphatic carbocycles. The summed E-state index contributed by atoms with van der Waals surface area (Å²) in [4.78, 5) is 13.1. The lowest BCUT2D eigenvalue weighted by atomic mass is 10.0. The Morgan fingerprint density at radius 2 is 1.76 bits per heavy atom. The minimum absolute atomic E-state index is 0.0642. The van der Waals surface area contributed by atoms with Crippen LogP contribution in [0.3, 0.4) is 0 Å². The monoisotopic (exact) mass is 478 g/mol. The van der Waals surface area contributed by atoms with Crippen molar-refractivity contribution in [1.82, 2.24) is 9.21 Å². The first kappa shape index (κ1) is 24.7. The van der Waals surface area contributed by atoms with E-state index in [1.54, 1.807) is 14.2 Å². The molecule has 1 atom stereocenters. The fourth-order valence-corrected chi connectivity index (χ4v) is 5.45. The van der Waals surface area contributed by atoms with Gasteiger partial charge in [0.1, 0.15) is 5.69 Å². The Balaban J connectivity index is 1.86. The van der Waals surface area contributed by atoms with Crippen LogP contribution in [0.5, 0.6) is 11.5 Å². The summed E-state index contributed by atoms with van der Waals surface area (Å²) in [5.41, 5.74) is 0.911. The van der Waals surface area contributed by atoms with Gasteiger partial charge in [0, 0.05) is 25.7 Å². The van der Waals surface area contributed by atoms with Crippen LogP contribution in [0.4, 0.5) is 11.4 Å². The number of anilines is 1. The van der Waals surface area contributed by atoms with Gasteiger partial charge >= 0.3 is 0 Å². The van der Waals surface area contributed by atoms with Crippen LogP contribution >= 0.6 is 0 Å². The lowest BCUT2D eigenvalue weighted by Gasteiger charge is -2.26. The lowest BCUT2D eigenvalue weighted by Crippen LogP contribution is -2.28. The molecule has 1 aliphatic heterocycles. The summed E-state index contributed by atoms with van der Waals surface area (Å²) in [5.74, 6) is 1.20. The van der Waals surface area contributed by atoms with Crippen molar-refractivity contribution in [3.8, 4) is 11.5 Å². The van der Waals surface area contributed by atoms with Gasteiger partial charge in [-0.3, -0.25) is 10.1 Å². The van der Waals surface area contributed by atoms with E-state index in [1.807, 2.05) is 37.2 Å². The Kier molecular flexibility index (Phi) is 7.77. The van der Waals surface area contributed by atoms with Gasteiger partial charge in [0.05, 0.1) is 30.1 Å². The Morgan fingerprint density at radius 1 is 1.09 bits per heavy atom. The molecule has 1 N–H and O–H groups in total. The van der Waals surface area contributed by atoms with Crippen molar-refractivity contribution in [3.05, 3.63) is 52.1 Å². The SMILES string of the molecule is COc1ccc(C(CNc2ccc(S(=O)(=O)N3CCCC3)cc2[N+](=O)[O-])N(C)C)cc1OC. The fourth-order valence-electron chi connectivity index (χ4n) is 3.92. The van der Waals surface area contributed by atoms with E-state index in [-0.39, 0.29) is 22.3 Å². The largest absolute Gasteiger partial charge is 0.493 e. The third-order valence-corrected chi connectivity index (χ3v) is 7.66. The zero-order valence-corrected chi connectivity index (χ0v) is 20.1. The van der Waals surface area contributed by atoms with Gasteiger partial charge < -0.3 is 19.7 Å². The highest BCUT2D eigenvalue weighted by atomic mass is 32.2. The van der Waals surface area contributed by atoms with E-state index >= 15 is 0 Å². The number of nitro benzene ring substituents is 1. The van der Waals surface area contributed by atoms with E-state index in [0.29, 0.717) is 31.1 Å². The molecule has 11 heteroatoms. The maximum atomic E-state index is 12.8. The number of hydrogen-bond donors (Lipinski definition) is 1. The lowest BCUT2D eigenvalue weighted by molar-refractivity contribution is -0.384. The number of sulfonamides is 1. The van der Waals surface area contributed by atoms with Gasteiger partial charge in [0.2, 0.25) is 10.0 Å². The molecular formula is C22H30N4O6S. The number of hydrogen-bond acceptors (Lipinski definition) is 8. The molecule has 0 amide bonds. The molecule has 2 aromatic carbocycles. The molecule has 180 valence electrons. The molecule has 0 radical (unpaired) electrons. The van der Waals surface area contributed by atoms with Crippen LogP contribution in [0.15, 0.2) is 41.3 Å². The van der Waals surface area contributed by atoms with Gasteiger partial charge in [-0.05, 0) is 56.8 Å². The first-order chi connectivity index (χ1) is 15.7. The van der Waals surface area contributed by atoms with Gasteiger partial charge in [0.15, 0.2) is 11.5 Å². The van der Waals surface area contributed by atoms with Gasteiger partial charge in [-0.15, -0.1) is 0 Å². The third kappa shape index (κ3) is 5.37. The fraction of sp³-hybridized carbons (Fsp3) is 0.455. The van der Waals surface area contributed by atoms with Gasteiger partial charge in [-0.25, -0.2) is 8.42 Å². The number of benzene rings is 2. The Labute approximate surface area is 194 Å². The standard InChI is InChI=1S/C22H30N4O6S/c1-24(2)20(16-7-10-21(31-3)22(13-16)32-4)15-23-18-9-8-17(14-19(18)26(27)28)33(29,30)25-11-5-6-12-25/h7-10,13-14,20,23H,5-6,11-12,15H2,1-4H3. The van der Waals surface area contributed by atoms with Crippen molar-refractivity contribution in [1.29, 1.82) is 0 Å². The Hall–Kier alpha value is -2.89. The summed E-state index contributed by atoms with van der Waals surface area (Å²) in [6.07, 6.45) is 1.59. The molecule has 0 bridgehead atoms. The number of likely N-dealkylation sites (N-methyl/N-ethyl adjacent to an activating group) is 1. The second-order valence-corrected chi connectivity index (χ2v) is 9.96. The average molecular weight is 479 g/mol. The van der Waals surface area contributed by atoms with E-state index in [0.717, 1.165) is 24.5 Å². The summed E-state index contributed by atoms with van der Waals surface area (Å²) >= 11 is 0. The van der Waals surface area contributed by atoms with Crippen molar-refractivity contribution in [2.24, 2.45) is 0 Å². The molecule has 1 aliphatic rings. The topological polar surface area (TPSA) is 114 Å². The van der Waals surface area contributed by atoms with E-state index in [1.165, 1.54) is 16.4 Å². The quantitative estimate of drug-likeness (QED) is 0.409. The molecule has 3 rings (SSSR count). The van der Waals surface area contributed by atoms with E-state index in [2.05, 4.69) is 5.32 Å². The molecule has 1 heterocycles. The number of ether oxygens (including phenoxy) is 2. The van der Waals surface area contributed by atoms with Gasteiger partial charge in [0.25, 0.3) is 5.69 Å². The number of nitrogens with zero attached hydrogens (tertiary/aromatic N) is 3. The summed E-state index contributed by atoms with van der Waals surface area (Å²) in [6.45, 7) is 1.22. The number of nitro groups is 1. The van der Waals surface area contributed by atoms with Crippen molar-refractivity contribution < 1.29 is 22.8 Å². The van der Waals surface area contributed by atoms with E-state index in [4.69, 9.17) is 9.47 Å². The maximum Gasteiger partial charge on any atom is 0.293 e. The van der Waals surface area contributed by atoms with E-state index in [9.17, 15) is 18.5 Å². The zero-order valence-electron chi connectivity index (χ0n) is 19.3. The highest BCUT2D eigenvalue weighted by molar-refractivity contribution is 7.89. The molecule has 33 heavy (non-hydrogen) atoms. The minimum Gasteiger partial charge on any atom is -0.493 e. The van der Waals surface area contributed by atoms with Crippen LogP contribution in [0.1, 0.15) is 24.4 Å². The average Bonchev–Trinajstić information content (AvgIpc) is 3.34. The smallest absolute Gasteiger partial charge is 0.293 e.